The predicted octanol–water partition coefficient (Wildman–Crippen LogP) is 5.66. The molecule has 1 nitrogen and oxygen atoms in total. The summed E-state index contributed by atoms with van der Waals surface area (Å²) in [7, 11) is 0. The molecule has 1 heteroatoms. The number of hydrogen-bond donors (Lipinski definition) is 0. The van der Waals surface area contributed by atoms with Crippen LogP contribution in [0.3, 0.4) is 0 Å². The highest BCUT2D eigenvalue weighted by Crippen LogP contribution is 2.25. The third-order valence-corrected chi connectivity index (χ3v) is 4.45. The Kier molecular flexibility index (Phi) is 7.71. The normalized spacial score (nSPS) is 14.0. The Morgan fingerprint density at radius 2 is 1.67 bits per heavy atom. The van der Waals surface area contributed by atoms with Crippen molar-refractivity contribution in [1.82, 2.24) is 0 Å². The second-order valence-corrected chi connectivity index (χ2v) is 6.60. The van der Waals surface area contributed by atoms with E-state index in [2.05, 4.69) is 45.9 Å². The zero-order valence-electron chi connectivity index (χ0n) is 14.5. The maximum atomic E-state index is 12.4. The van der Waals surface area contributed by atoms with Crippen molar-refractivity contribution in [3.8, 4) is 0 Å². The Bertz CT molecular complexity index is 427. The first kappa shape index (κ1) is 17.9. The van der Waals surface area contributed by atoms with Crippen molar-refractivity contribution in [2.75, 3.05) is 0 Å². The lowest BCUT2D eigenvalue weighted by Gasteiger charge is -2.23. The number of carbonyl (C=O) groups is 1. The number of Topliss-reactive ketones (excluding diaryl/α,β-unsaturated/α-hetero) is 1. The molecular weight excluding hydrogens is 256 g/mol. The average molecular weight is 288 g/mol. The van der Waals surface area contributed by atoms with E-state index >= 15 is 0 Å². The van der Waals surface area contributed by atoms with Gasteiger partial charge in [-0.05, 0) is 31.7 Å². The Balaban J connectivity index is 2.79. The topological polar surface area (TPSA) is 17.1 Å². The van der Waals surface area contributed by atoms with Crippen molar-refractivity contribution in [2.24, 2.45) is 11.8 Å². The minimum atomic E-state index is 0.188. The summed E-state index contributed by atoms with van der Waals surface area (Å²) in [6.45, 7) is 10.8. The van der Waals surface area contributed by atoms with E-state index < -0.39 is 0 Å². The maximum absolute atomic E-state index is 12.4. The van der Waals surface area contributed by atoms with Gasteiger partial charge in [0.15, 0.2) is 0 Å². The maximum Gasteiger partial charge on any atom is 0.136 e. The van der Waals surface area contributed by atoms with Crippen LogP contribution in [0.5, 0.6) is 0 Å². The second-order valence-electron chi connectivity index (χ2n) is 6.60. The fraction of sp³-hybridized carbons (Fsp3) is 0.650. The summed E-state index contributed by atoms with van der Waals surface area (Å²) in [5.41, 5.74) is 3.92. The standard InChI is InChI=1S/C20H32O/c1-6-8-9-10-17(5)19(20(21)7-2)14-18-12-15(3)11-16(4)13-18/h11-13,17,19H,6-10,14H2,1-5H3. The summed E-state index contributed by atoms with van der Waals surface area (Å²) in [5, 5.41) is 0. The van der Waals surface area contributed by atoms with Gasteiger partial charge in [-0.15, -0.1) is 0 Å². The molecule has 1 aromatic carbocycles. The fourth-order valence-electron chi connectivity index (χ4n) is 3.25. The van der Waals surface area contributed by atoms with Crippen LogP contribution in [-0.2, 0) is 11.2 Å². The van der Waals surface area contributed by atoms with Crippen LogP contribution in [0, 0.1) is 25.7 Å². The summed E-state index contributed by atoms with van der Waals surface area (Å²) in [6.07, 6.45) is 6.51. The molecule has 0 aliphatic heterocycles. The number of benzene rings is 1. The second kappa shape index (κ2) is 9.02. The Morgan fingerprint density at radius 1 is 1.05 bits per heavy atom. The highest BCUT2D eigenvalue weighted by Gasteiger charge is 2.23. The smallest absolute Gasteiger partial charge is 0.136 e. The quantitative estimate of drug-likeness (QED) is 0.536. The molecule has 0 amide bonds. The lowest BCUT2D eigenvalue weighted by atomic mass is 9.81. The van der Waals surface area contributed by atoms with E-state index in [-0.39, 0.29) is 5.92 Å². The van der Waals surface area contributed by atoms with Crippen LogP contribution in [0.1, 0.15) is 69.6 Å². The van der Waals surface area contributed by atoms with Gasteiger partial charge < -0.3 is 0 Å². The number of hydrogen-bond acceptors (Lipinski definition) is 1. The van der Waals surface area contributed by atoms with Crippen molar-refractivity contribution >= 4 is 5.78 Å². The first-order chi connectivity index (χ1) is 9.97. The molecule has 1 aromatic rings. The molecule has 0 saturated heterocycles. The van der Waals surface area contributed by atoms with Crippen LogP contribution in [0.25, 0.3) is 0 Å². The molecule has 2 atom stereocenters. The van der Waals surface area contributed by atoms with Crippen molar-refractivity contribution in [2.45, 2.75) is 73.1 Å². The molecule has 2 unspecified atom stereocenters. The summed E-state index contributed by atoms with van der Waals surface area (Å²) in [4.78, 5) is 12.4. The fourth-order valence-corrected chi connectivity index (χ4v) is 3.25. The van der Waals surface area contributed by atoms with Crippen LogP contribution in [0.2, 0.25) is 0 Å². The van der Waals surface area contributed by atoms with E-state index in [0.717, 1.165) is 6.42 Å². The third kappa shape index (κ3) is 6.03. The molecule has 0 radical (unpaired) electrons. The van der Waals surface area contributed by atoms with E-state index in [1.54, 1.807) is 0 Å². The van der Waals surface area contributed by atoms with Gasteiger partial charge in [0, 0.05) is 12.3 Å². The van der Waals surface area contributed by atoms with Crippen molar-refractivity contribution in [3.05, 3.63) is 34.9 Å². The van der Waals surface area contributed by atoms with E-state index in [9.17, 15) is 4.79 Å². The Morgan fingerprint density at radius 3 is 2.19 bits per heavy atom. The molecule has 0 aromatic heterocycles. The Hall–Kier alpha value is -1.11. The van der Waals surface area contributed by atoms with Crippen molar-refractivity contribution < 1.29 is 4.79 Å². The molecular formula is C20H32O. The summed E-state index contributed by atoms with van der Waals surface area (Å²) < 4.78 is 0. The molecule has 0 saturated carbocycles. The predicted molar refractivity (Wildman–Crippen MR) is 91.7 cm³/mol. The molecule has 0 N–H and O–H groups in total. The minimum Gasteiger partial charge on any atom is -0.299 e. The molecule has 0 spiro atoms. The van der Waals surface area contributed by atoms with Gasteiger partial charge in [0.25, 0.3) is 0 Å². The summed E-state index contributed by atoms with van der Waals surface area (Å²) in [5.74, 6) is 1.11. The van der Waals surface area contributed by atoms with Gasteiger partial charge in [0.2, 0.25) is 0 Å². The van der Waals surface area contributed by atoms with Crippen LogP contribution >= 0.6 is 0 Å². The highest BCUT2D eigenvalue weighted by molar-refractivity contribution is 5.81. The minimum absolute atomic E-state index is 0.188. The number of rotatable bonds is 9. The lowest BCUT2D eigenvalue weighted by molar-refractivity contribution is -0.124. The van der Waals surface area contributed by atoms with Crippen LogP contribution < -0.4 is 0 Å². The van der Waals surface area contributed by atoms with Crippen LogP contribution in [-0.4, -0.2) is 5.78 Å². The van der Waals surface area contributed by atoms with Gasteiger partial charge >= 0.3 is 0 Å². The van der Waals surface area contributed by atoms with Gasteiger partial charge in [0.05, 0.1) is 0 Å². The highest BCUT2D eigenvalue weighted by atomic mass is 16.1. The zero-order chi connectivity index (χ0) is 15.8. The van der Waals surface area contributed by atoms with Crippen molar-refractivity contribution in [3.63, 3.8) is 0 Å². The third-order valence-electron chi connectivity index (χ3n) is 4.45. The zero-order valence-corrected chi connectivity index (χ0v) is 14.5. The van der Waals surface area contributed by atoms with E-state index in [1.165, 1.54) is 42.4 Å². The van der Waals surface area contributed by atoms with Gasteiger partial charge in [0.1, 0.15) is 5.78 Å². The first-order valence-electron chi connectivity index (χ1n) is 8.57. The van der Waals surface area contributed by atoms with E-state index in [0.29, 0.717) is 18.1 Å². The SMILES string of the molecule is CCCCCC(C)C(Cc1cc(C)cc(C)c1)C(=O)CC. The molecule has 0 aliphatic carbocycles. The van der Waals surface area contributed by atoms with E-state index in [4.69, 9.17) is 0 Å². The van der Waals surface area contributed by atoms with Crippen molar-refractivity contribution in [1.29, 1.82) is 0 Å². The molecule has 0 bridgehead atoms. The van der Waals surface area contributed by atoms with Crippen LogP contribution in [0.4, 0.5) is 0 Å². The molecule has 1 rings (SSSR count). The summed E-state index contributed by atoms with van der Waals surface area (Å²) in [6, 6.07) is 6.67. The summed E-state index contributed by atoms with van der Waals surface area (Å²) >= 11 is 0. The lowest BCUT2D eigenvalue weighted by Crippen LogP contribution is -2.24. The number of aryl methyl sites for hydroxylation is 2. The van der Waals surface area contributed by atoms with Gasteiger partial charge in [-0.25, -0.2) is 0 Å². The average Bonchev–Trinajstić information content (AvgIpc) is 2.43. The van der Waals surface area contributed by atoms with Crippen LogP contribution in [0.15, 0.2) is 18.2 Å². The number of carbonyl (C=O) groups excluding carboxylic acids is 1. The monoisotopic (exact) mass is 288 g/mol. The van der Waals surface area contributed by atoms with Gasteiger partial charge in [-0.3, -0.25) is 4.79 Å². The van der Waals surface area contributed by atoms with E-state index in [1.807, 2.05) is 6.92 Å². The van der Waals surface area contributed by atoms with Gasteiger partial charge in [-0.1, -0.05) is 75.8 Å². The molecule has 21 heavy (non-hydrogen) atoms. The number of unbranched alkanes of at least 4 members (excludes halogenated alkanes) is 2. The molecule has 0 fully saturated rings. The Labute approximate surface area is 131 Å². The molecule has 0 heterocycles. The van der Waals surface area contributed by atoms with Gasteiger partial charge in [-0.2, -0.15) is 0 Å². The largest absolute Gasteiger partial charge is 0.299 e. The first-order valence-corrected chi connectivity index (χ1v) is 8.57. The number of ketones is 1. The molecule has 0 aliphatic rings. The molecule has 118 valence electrons.